The van der Waals surface area contributed by atoms with E-state index < -0.39 is 0 Å². The molecule has 2 nitrogen and oxygen atoms in total. The first-order valence-electron chi connectivity index (χ1n) is 5.18. The van der Waals surface area contributed by atoms with E-state index in [4.69, 9.17) is 11.6 Å². The number of nitrogens with zero attached hydrogens (tertiary/aromatic N) is 1. The van der Waals surface area contributed by atoms with E-state index in [-0.39, 0.29) is 0 Å². The fourth-order valence-corrected chi connectivity index (χ4v) is 2.59. The zero-order valence-corrected chi connectivity index (χ0v) is 10.4. The second-order valence-corrected chi connectivity index (χ2v) is 4.96. The molecule has 0 aliphatic heterocycles. The first-order chi connectivity index (χ1) is 8.34. The van der Waals surface area contributed by atoms with Crippen molar-refractivity contribution in [1.29, 1.82) is 0 Å². The molecule has 17 heavy (non-hydrogen) atoms. The van der Waals surface area contributed by atoms with Crippen LogP contribution in [0.3, 0.4) is 0 Å². The maximum absolute atomic E-state index is 6.14. The van der Waals surface area contributed by atoms with Gasteiger partial charge in [-0.1, -0.05) is 29.8 Å². The maximum atomic E-state index is 6.14. The fraction of sp³-hybridized carbons (Fsp3) is 0. The summed E-state index contributed by atoms with van der Waals surface area (Å²) in [4.78, 5) is 8.83. The monoisotopic (exact) mass is 260 g/mol. The standard InChI is InChI=1S/C13H9ClN2S/c14-10-5-2-1-4-9(10)13-15-8-11(16-13)12-6-3-7-17-12/h1-8H,(H,15,16). The summed E-state index contributed by atoms with van der Waals surface area (Å²) in [5.74, 6) is 0.805. The van der Waals surface area contributed by atoms with Crippen LogP contribution in [-0.2, 0) is 0 Å². The van der Waals surface area contributed by atoms with Crippen molar-refractivity contribution in [3.8, 4) is 22.0 Å². The lowest BCUT2D eigenvalue weighted by atomic mass is 10.2. The predicted molar refractivity (Wildman–Crippen MR) is 72.3 cm³/mol. The smallest absolute Gasteiger partial charge is 0.139 e. The maximum Gasteiger partial charge on any atom is 0.139 e. The highest BCUT2D eigenvalue weighted by Gasteiger charge is 2.08. The molecule has 1 aromatic carbocycles. The van der Waals surface area contributed by atoms with Crippen molar-refractivity contribution in [3.63, 3.8) is 0 Å². The molecule has 0 aliphatic carbocycles. The first-order valence-corrected chi connectivity index (χ1v) is 6.44. The van der Waals surface area contributed by atoms with Gasteiger partial charge in [0.15, 0.2) is 0 Å². The highest BCUT2D eigenvalue weighted by molar-refractivity contribution is 7.13. The first kappa shape index (κ1) is 10.6. The van der Waals surface area contributed by atoms with Gasteiger partial charge in [0.05, 0.1) is 21.8 Å². The van der Waals surface area contributed by atoms with Crippen LogP contribution >= 0.6 is 22.9 Å². The van der Waals surface area contributed by atoms with Gasteiger partial charge in [0, 0.05) is 5.56 Å². The van der Waals surface area contributed by atoms with E-state index >= 15 is 0 Å². The number of benzene rings is 1. The molecule has 2 aromatic heterocycles. The average Bonchev–Trinajstić information content (AvgIpc) is 3.00. The Bertz CT molecular complexity index is 628. The Hall–Kier alpha value is -1.58. The molecule has 0 bridgehead atoms. The van der Waals surface area contributed by atoms with Crippen molar-refractivity contribution in [3.05, 3.63) is 53.0 Å². The van der Waals surface area contributed by atoms with Gasteiger partial charge in [-0.3, -0.25) is 0 Å². The van der Waals surface area contributed by atoms with E-state index in [9.17, 15) is 0 Å². The number of aromatic amines is 1. The zero-order valence-electron chi connectivity index (χ0n) is 8.85. The SMILES string of the molecule is Clc1ccccc1-c1ncc(-c2cccs2)[nH]1. The molecule has 3 aromatic rings. The molecule has 84 valence electrons. The molecule has 2 heterocycles. The van der Waals surface area contributed by atoms with E-state index in [0.717, 1.165) is 17.1 Å². The Kier molecular flexibility index (Phi) is 2.71. The van der Waals surface area contributed by atoms with Gasteiger partial charge in [0.1, 0.15) is 5.82 Å². The van der Waals surface area contributed by atoms with Crippen LogP contribution in [0, 0.1) is 0 Å². The van der Waals surface area contributed by atoms with Crippen molar-refractivity contribution in [2.24, 2.45) is 0 Å². The molecule has 1 N–H and O–H groups in total. The van der Waals surface area contributed by atoms with Gasteiger partial charge in [-0.25, -0.2) is 4.98 Å². The third-order valence-electron chi connectivity index (χ3n) is 2.49. The summed E-state index contributed by atoms with van der Waals surface area (Å²) < 4.78 is 0. The van der Waals surface area contributed by atoms with Gasteiger partial charge in [0.25, 0.3) is 0 Å². The van der Waals surface area contributed by atoms with Gasteiger partial charge in [0.2, 0.25) is 0 Å². The highest BCUT2D eigenvalue weighted by atomic mass is 35.5. The quantitative estimate of drug-likeness (QED) is 0.724. The summed E-state index contributed by atoms with van der Waals surface area (Å²) in [5.41, 5.74) is 1.95. The van der Waals surface area contributed by atoms with E-state index in [2.05, 4.69) is 16.0 Å². The van der Waals surface area contributed by atoms with Gasteiger partial charge >= 0.3 is 0 Å². The molecule has 0 saturated heterocycles. The number of rotatable bonds is 2. The van der Waals surface area contributed by atoms with Crippen LogP contribution in [0.1, 0.15) is 0 Å². The lowest BCUT2D eigenvalue weighted by Crippen LogP contribution is -1.81. The second kappa shape index (κ2) is 4.35. The highest BCUT2D eigenvalue weighted by Crippen LogP contribution is 2.28. The number of hydrogen-bond acceptors (Lipinski definition) is 2. The predicted octanol–water partition coefficient (Wildman–Crippen LogP) is 4.46. The minimum atomic E-state index is 0.708. The summed E-state index contributed by atoms with van der Waals surface area (Å²) in [5, 5.41) is 2.75. The third kappa shape index (κ3) is 1.99. The van der Waals surface area contributed by atoms with Crippen molar-refractivity contribution in [2.75, 3.05) is 0 Å². The topological polar surface area (TPSA) is 28.7 Å². The van der Waals surface area contributed by atoms with Crippen molar-refractivity contribution >= 4 is 22.9 Å². The number of thiophene rings is 1. The molecule has 3 rings (SSSR count). The van der Waals surface area contributed by atoms with Crippen LogP contribution in [0.2, 0.25) is 5.02 Å². The molecule has 0 atom stereocenters. The van der Waals surface area contributed by atoms with Gasteiger partial charge in [-0.05, 0) is 23.6 Å². The molecule has 0 unspecified atom stereocenters. The van der Waals surface area contributed by atoms with Crippen molar-refractivity contribution in [2.45, 2.75) is 0 Å². The second-order valence-electron chi connectivity index (χ2n) is 3.60. The van der Waals surface area contributed by atoms with E-state index in [1.165, 1.54) is 4.88 Å². The minimum absolute atomic E-state index is 0.708. The van der Waals surface area contributed by atoms with Crippen molar-refractivity contribution < 1.29 is 0 Å². The number of H-pyrrole nitrogens is 1. The zero-order chi connectivity index (χ0) is 11.7. The fourth-order valence-electron chi connectivity index (χ4n) is 1.67. The van der Waals surface area contributed by atoms with Crippen LogP contribution in [0.4, 0.5) is 0 Å². The van der Waals surface area contributed by atoms with E-state index in [1.54, 1.807) is 11.3 Å². The summed E-state index contributed by atoms with van der Waals surface area (Å²) in [6.07, 6.45) is 1.84. The molecule has 0 amide bonds. The van der Waals surface area contributed by atoms with Crippen LogP contribution in [0.5, 0.6) is 0 Å². The molecule has 0 spiro atoms. The van der Waals surface area contributed by atoms with Gasteiger partial charge < -0.3 is 4.98 Å². The molecular weight excluding hydrogens is 252 g/mol. The normalized spacial score (nSPS) is 10.6. The number of nitrogens with one attached hydrogen (secondary N) is 1. The summed E-state index contributed by atoms with van der Waals surface area (Å²) >= 11 is 7.82. The molecule has 0 fully saturated rings. The lowest BCUT2D eigenvalue weighted by Gasteiger charge is -1.99. The number of hydrogen-bond donors (Lipinski definition) is 1. The van der Waals surface area contributed by atoms with Crippen LogP contribution in [0.25, 0.3) is 22.0 Å². The van der Waals surface area contributed by atoms with Gasteiger partial charge in [-0.2, -0.15) is 0 Å². The average molecular weight is 261 g/mol. The molecule has 4 heteroatoms. The van der Waals surface area contributed by atoms with Crippen molar-refractivity contribution in [1.82, 2.24) is 9.97 Å². The Labute approximate surface area is 108 Å². The molecular formula is C13H9ClN2S. The number of halogens is 1. The molecule has 0 saturated carbocycles. The van der Waals surface area contributed by atoms with E-state index in [1.807, 2.05) is 41.9 Å². The Morgan fingerprint density at radius 1 is 1.12 bits per heavy atom. The molecule has 0 aliphatic rings. The van der Waals surface area contributed by atoms with Crippen LogP contribution < -0.4 is 0 Å². The van der Waals surface area contributed by atoms with Crippen LogP contribution in [-0.4, -0.2) is 9.97 Å². The third-order valence-corrected chi connectivity index (χ3v) is 3.72. The minimum Gasteiger partial charge on any atom is -0.337 e. The van der Waals surface area contributed by atoms with Gasteiger partial charge in [-0.15, -0.1) is 11.3 Å². The van der Waals surface area contributed by atoms with E-state index in [0.29, 0.717) is 5.02 Å². The summed E-state index contributed by atoms with van der Waals surface area (Å²) in [6.45, 7) is 0. The number of imidazole rings is 1. The Morgan fingerprint density at radius 3 is 2.76 bits per heavy atom. The Morgan fingerprint density at radius 2 is 2.00 bits per heavy atom. The molecule has 0 radical (unpaired) electrons. The summed E-state index contributed by atoms with van der Waals surface area (Å²) in [7, 11) is 0. The Balaban J connectivity index is 2.04. The number of aromatic nitrogens is 2. The lowest BCUT2D eigenvalue weighted by molar-refractivity contribution is 1.31. The van der Waals surface area contributed by atoms with Crippen LogP contribution in [0.15, 0.2) is 48.0 Å². The largest absolute Gasteiger partial charge is 0.337 e. The summed E-state index contributed by atoms with van der Waals surface area (Å²) in [6, 6.07) is 11.8.